The molecule has 0 radical (unpaired) electrons. The third kappa shape index (κ3) is 3.50. The highest BCUT2D eigenvalue weighted by atomic mass is 32.1. The fourth-order valence-corrected chi connectivity index (χ4v) is 3.34. The molecule has 3 rings (SSSR count). The average molecular weight is 371 g/mol. The molecule has 0 atom stereocenters. The molecule has 0 saturated carbocycles. The lowest BCUT2D eigenvalue weighted by Gasteiger charge is -2.09. The molecule has 0 fully saturated rings. The number of nitrogens with one attached hydrogen (secondary N) is 1. The summed E-state index contributed by atoms with van der Waals surface area (Å²) in [5.74, 6) is -0.919. The van der Waals surface area contributed by atoms with Gasteiger partial charge in [0.15, 0.2) is 0 Å². The molecule has 1 N–H and O–H groups in total. The summed E-state index contributed by atoms with van der Waals surface area (Å²) in [4.78, 5) is 41.0. The molecule has 2 heterocycles. The maximum atomic E-state index is 12.6. The molecule has 8 heteroatoms. The monoisotopic (exact) mass is 371 g/mol. The van der Waals surface area contributed by atoms with Crippen LogP contribution in [0.2, 0.25) is 0 Å². The molecule has 0 saturated heterocycles. The van der Waals surface area contributed by atoms with Crippen LogP contribution in [-0.4, -0.2) is 28.0 Å². The van der Waals surface area contributed by atoms with E-state index in [1.165, 1.54) is 22.2 Å². The number of rotatable bonds is 5. The Morgan fingerprint density at radius 3 is 2.88 bits per heavy atom. The van der Waals surface area contributed by atoms with Crippen molar-refractivity contribution in [3.8, 4) is 0 Å². The second-order valence-electron chi connectivity index (χ2n) is 5.58. The molecule has 134 valence electrons. The molecule has 0 aliphatic heterocycles. The summed E-state index contributed by atoms with van der Waals surface area (Å²) >= 11 is 1.22. The van der Waals surface area contributed by atoms with Crippen LogP contribution in [-0.2, 0) is 16.1 Å². The Labute approximate surface area is 153 Å². The number of hydrogen-bond acceptors (Lipinski definition) is 6. The summed E-state index contributed by atoms with van der Waals surface area (Å²) in [6.45, 7) is 3.64. The Balaban J connectivity index is 1.81. The molecule has 26 heavy (non-hydrogen) atoms. The van der Waals surface area contributed by atoms with Gasteiger partial charge in [-0.2, -0.15) is 0 Å². The molecule has 1 amide bonds. The second kappa shape index (κ2) is 7.49. The first-order valence-electron chi connectivity index (χ1n) is 8.00. The maximum Gasteiger partial charge on any atom is 0.341 e. The van der Waals surface area contributed by atoms with Gasteiger partial charge in [0.1, 0.15) is 11.5 Å². The average Bonchev–Trinajstić information content (AvgIpc) is 3.06. The van der Waals surface area contributed by atoms with Crippen LogP contribution in [0.3, 0.4) is 0 Å². The van der Waals surface area contributed by atoms with E-state index in [1.54, 1.807) is 30.5 Å². The molecule has 0 aliphatic carbocycles. The van der Waals surface area contributed by atoms with Crippen LogP contribution >= 0.6 is 11.3 Å². The van der Waals surface area contributed by atoms with Crippen molar-refractivity contribution in [1.82, 2.24) is 9.55 Å². The predicted octanol–water partition coefficient (Wildman–Crippen LogP) is 2.58. The molecular weight excluding hydrogens is 354 g/mol. The lowest BCUT2D eigenvalue weighted by Crippen LogP contribution is -2.28. The van der Waals surface area contributed by atoms with Gasteiger partial charge in [-0.05, 0) is 36.9 Å². The molecule has 7 nitrogen and oxygen atoms in total. The highest BCUT2D eigenvalue weighted by molar-refractivity contribution is 7.14. The number of esters is 1. The van der Waals surface area contributed by atoms with Gasteiger partial charge >= 0.3 is 5.97 Å². The number of thiophene rings is 1. The van der Waals surface area contributed by atoms with Crippen molar-refractivity contribution in [3.05, 3.63) is 57.5 Å². The van der Waals surface area contributed by atoms with Crippen molar-refractivity contribution >= 4 is 39.1 Å². The number of fused-ring (bicyclic) bond motifs is 1. The predicted molar refractivity (Wildman–Crippen MR) is 99.6 cm³/mol. The van der Waals surface area contributed by atoms with Crippen molar-refractivity contribution in [3.63, 3.8) is 0 Å². The Morgan fingerprint density at radius 2 is 2.12 bits per heavy atom. The first-order chi connectivity index (χ1) is 12.5. The number of benzene rings is 1. The number of anilines is 1. The Morgan fingerprint density at radius 1 is 1.31 bits per heavy atom. The molecule has 0 bridgehead atoms. The zero-order valence-electron chi connectivity index (χ0n) is 14.3. The van der Waals surface area contributed by atoms with E-state index in [1.807, 2.05) is 13.0 Å². The Kier molecular flexibility index (Phi) is 5.13. The molecule has 0 spiro atoms. The summed E-state index contributed by atoms with van der Waals surface area (Å²) in [5, 5.41) is 5.20. The van der Waals surface area contributed by atoms with Crippen LogP contribution in [0.25, 0.3) is 10.9 Å². The van der Waals surface area contributed by atoms with E-state index in [2.05, 4.69) is 10.3 Å². The number of amides is 1. The van der Waals surface area contributed by atoms with E-state index in [0.717, 1.165) is 5.56 Å². The molecule has 0 aliphatic rings. The molecule has 0 unspecified atom stereocenters. The van der Waals surface area contributed by atoms with Crippen LogP contribution in [0, 0.1) is 6.92 Å². The third-order valence-corrected chi connectivity index (χ3v) is 4.61. The van der Waals surface area contributed by atoms with Crippen LogP contribution in [0.1, 0.15) is 22.8 Å². The topological polar surface area (TPSA) is 90.3 Å². The van der Waals surface area contributed by atoms with Crippen molar-refractivity contribution in [1.29, 1.82) is 0 Å². The van der Waals surface area contributed by atoms with Crippen molar-refractivity contribution in [2.45, 2.75) is 20.4 Å². The smallest absolute Gasteiger partial charge is 0.341 e. The SMILES string of the molecule is CCOC(=O)c1ccsc1NC(=O)Cn1cnc2c(C)cccc2c1=O. The number of ether oxygens (including phenoxy) is 1. The number of carbonyl (C=O) groups is 2. The summed E-state index contributed by atoms with van der Waals surface area (Å²) in [6, 6.07) is 6.93. The largest absolute Gasteiger partial charge is 0.462 e. The normalized spacial score (nSPS) is 10.7. The summed E-state index contributed by atoms with van der Waals surface area (Å²) in [6.07, 6.45) is 1.36. The number of carbonyl (C=O) groups excluding carboxylic acids is 2. The lowest BCUT2D eigenvalue weighted by molar-refractivity contribution is -0.116. The van der Waals surface area contributed by atoms with E-state index in [9.17, 15) is 14.4 Å². The highest BCUT2D eigenvalue weighted by Gasteiger charge is 2.17. The van der Waals surface area contributed by atoms with Gasteiger partial charge in [0.05, 0.1) is 29.4 Å². The number of hydrogen-bond donors (Lipinski definition) is 1. The van der Waals surface area contributed by atoms with Gasteiger partial charge in [-0.15, -0.1) is 11.3 Å². The second-order valence-corrected chi connectivity index (χ2v) is 6.50. The van der Waals surface area contributed by atoms with Crippen LogP contribution in [0.15, 0.2) is 40.8 Å². The summed E-state index contributed by atoms with van der Waals surface area (Å²) in [5.41, 5.74) is 1.53. The fraction of sp³-hybridized carbons (Fsp3) is 0.222. The van der Waals surface area contributed by atoms with E-state index in [4.69, 9.17) is 4.74 Å². The number of para-hydroxylation sites is 1. The van der Waals surface area contributed by atoms with Crippen molar-refractivity contribution < 1.29 is 14.3 Å². The molecule has 1 aromatic carbocycles. The molecule has 2 aromatic heterocycles. The van der Waals surface area contributed by atoms with Gasteiger partial charge in [-0.3, -0.25) is 14.2 Å². The van der Waals surface area contributed by atoms with Crippen molar-refractivity contribution in [2.24, 2.45) is 0 Å². The highest BCUT2D eigenvalue weighted by Crippen LogP contribution is 2.24. The number of aromatic nitrogens is 2. The number of nitrogens with zero attached hydrogens (tertiary/aromatic N) is 2. The van der Waals surface area contributed by atoms with E-state index >= 15 is 0 Å². The van der Waals surface area contributed by atoms with Gasteiger partial charge in [-0.25, -0.2) is 9.78 Å². The third-order valence-electron chi connectivity index (χ3n) is 3.78. The summed E-state index contributed by atoms with van der Waals surface area (Å²) < 4.78 is 6.20. The quantitative estimate of drug-likeness (QED) is 0.696. The fourth-order valence-electron chi connectivity index (χ4n) is 2.55. The van der Waals surface area contributed by atoms with Gasteiger partial charge < -0.3 is 10.1 Å². The maximum absolute atomic E-state index is 12.6. The zero-order valence-corrected chi connectivity index (χ0v) is 15.1. The van der Waals surface area contributed by atoms with E-state index in [-0.39, 0.29) is 18.7 Å². The van der Waals surface area contributed by atoms with Gasteiger partial charge in [0.2, 0.25) is 5.91 Å². The Hall–Kier alpha value is -3.00. The molecule has 3 aromatic rings. The first kappa shape index (κ1) is 17.8. The van der Waals surface area contributed by atoms with Gasteiger partial charge in [0.25, 0.3) is 5.56 Å². The zero-order chi connectivity index (χ0) is 18.7. The standard InChI is InChI=1S/C18H17N3O4S/c1-3-25-18(24)13-7-8-26-16(13)20-14(22)9-21-10-19-15-11(2)5-4-6-12(15)17(21)23/h4-8,10H,3,9H2,1-2H3,(H,20,22). The van der Waals surface area contributed by atoms with Crippen LogP contribution in [0.4, 0.5) is 5.00 Å². The molecular formula is C18H17N3O4S. The van der Waals surface area contributed by atoms with Crippen molar-refractivity contribution in [2.75, 3.05) is 11.9 Å². The minimum absolute atomic E-state index is 0.199. The number of aryl methyl sites for hydroxylation is 1. The van der Waals surface area contributed by atoms with E-state index < -0.39 is 11.9 Å². The lowest BCUT2D eigenvalue weighted by atomic mass is 10.1. The summed E-state index contributed by atoms with van der Waals surface area (Å²) in [7, 11) is 0. The van der Waals surface area contributed by atoms with Crippen LogP contribution < -0.4 is 10.9 Å². The van der Waals surface area contributed by atoms with Gasteiger partial charge in [0, 0.05) is 0 Å². The Bertz CT molecular complexity index is 1040. The van der Waals surface area contributed by atoms with Gasteiger partial charge in [-0.1, -0.05) is 12.1 Å². The minimum atomic E-state index is -0.496. The first-order valence-corrected chi connectivity index (χ1v) is 8.88. The minimum Gasteiger partial charge on any atom is -0.462 e. The van der Waals surface area contributed by atoms with E-state index in [0.29, 0.717) is 21.5 Å². The van der Waals surface area contributed by atoms with Crippen LogP contribution in [0.5, 0.6) is 0 Å².